The highest BCUT2D eigenvalue weighted by Crippen LogP contribution is 2.40. The number of ketones is 1. The number of hydrogen-bond acceptors (Lipinski definition) is 6. The topological polar surface area (TPSA) is 103 Å². The zero-order valence-electron chi connectivity index (χ0n) is 16.3. The van der Waals surface area contributed by atoms with Crippen molar-refractivity contribution in [2.75, 3.05) is 18.8 Å². The fraction of sp³-hybridized carbons (Fsp3) is 0.261. The number of fused-ring (bicyclic) bond motifs is 2. The van der Waals surface area contributed by atoms with Crippen LogP contribution in [0.1, 0.15) is 40.7 Å². The number of anilines is 1. The van der Waals surface area contributed by atoms with Crippen molar-refractivity contribution in [2.45, 2.75) is 25.3 Å². The van der Waals surface area contributed by atoms with Crippen LogP contribution in [-0.4, -0.2) is 34.7 Å². The SMILES string of the molecule is Nc1oc2ccc(C(=O)c3ccccc3[N+](=O)[O-])cc2c1C1=CCN2CCCC2C1. The zero-order chi connectivity index (χ0) is 20.8. The summed E-state index contributed by atoms with van der Waals surface area (Å²) in [5.41, 5.74) is 9.06. The number of hydrogen-bond donors (Lipinski definition) is 1. The molecular weight excluding hydrogens is 382 g/mol. The van der Waals surface area contributed by atoms with E-state index in [9.17, 15) is 14.9 Å². The lowest BCUT2D eigenvalue weighted by Gasteiger charge is -2.29. The molecule has 1 aromatic heterocycles. The van der Waals surface area contributed by atoms with Crippen molar-refractivity contribution < 1.29 is 14.1 Å². The van der Waals surface area contributed by atoms with Crippen LogP contribution in [0.5, 0.6) is 0 Å². The molecule has 3 heterocycles. The summed E-state index contributed by atoms with van der Waals surface area (Å²) < 4.78 is 5.77. The average molecular weight is 403 g/mol. The molecule has 1 unspecified atom stereocenters. The monoisotopic (exact) mass is 403 g/mol. The van der Waals surface area contributed by atoms with E-state index >= 15 is 0 Å². The molecule has 1 fully saturated rings. The van der Waals surface area contributed by atoms with E-state index < -0.39 is 10.7 Å². The van der Waals surface area contributed by atoms with Crippen LogP contribution in [0.4, 0.5) is 11.6 Å². The van der Waals surface area contributed by atoms with Crippen molar-refractivity contribution in [3.8, 4) is 0 Å². The number of nitrogens with zero attached hydrogens (tertiary/aromatic N) is 2. The van der Waals surface area contributed by atoms with Crippen molar-refractivity contribution >= 4 is 33.9 Å². The first-order chi connectivity index (χ1) is 14.5. The first kappa shape index (κ1) is 18.6. The third-order valence-electron chi connectivity index (χ3n) is 6.17. The zero-order valence-corrected chi connectivity index (χ0v) is 16.3. The summed E-state index contributed by atoms with van der Waals surface area (Å²) in [6.07, 6.45) is 5.48. The maximum absolute atomic E-state index is 13.1. The standard InChI is InChI=1S/C23H21N3O4/c24-23-21(14-9-11-25-10-3-4-16(25)12-14)18-13-15(7-8-20(18)30-23)22(27)17-5-1-2-6-19(17)26(28)29/h1-2,5-9,13,16H,3-4,10-12,24H2. The smallest absolute Gasteiger partial charge is 0.280 e. The Morgan fingerprint density at radius 3 is 2.90 bits per heavy atom. The first-order valence-corrected chi connectivity index (χ1v) is 10.1. The summed E-state index contributed by atoms with van der Waals surface area (Å²) >= 11 is 0. The molecule has 0 aliphatic carbocycles. The van der Waals surface area contributed by atoms with Crippen LogP contribution in [0.25, 0.3) is 16.5 Å². The molecule has 2 aliphatic heterocycles. The van der Waals surface area contributed by atoms with E-state index in [0.717, 1.165) is 36.0 Å². The number of furan rings is 1. The third kappa shape index (κ3) is 2.98. The minimum absolute atomic E-state index is 0.0679. The molecule has 1 saturated heterocycles. The van der Waals surface area contributed by atoms with Gasteiger partial charge in [-0.1, -0.05) is 18.2 Å². The predicted molar refractivity (Wildman–Crippen MR) is 114 cm³/mol. The van der Waals surface area contributed by atoms with Gasteiger partial charge in [-0.3, -0.25) is 19.8 Å². The molecule has 3 aromatic rings. The van der Waals surface area contributed by atoms with E-state index in [1.807, 2.05) is 0 Å². The molecular formula is C23H21N3O4. The van der Waals surface area contributed by atoms with Gasteiger partial charge in [-0.15, -0.1) is 0 Å². The summed E-state index contributed by atoms with van der Waals surface area (Å²) in [5.74, 6) is -0.0486. The van der Waals surface area contributed by atoms with Crippen molar-refractivity contribution in [1.82, 2.24) is 4.90 Å². The second-order valence-electron chi connectivity index (χ2n) is 7.88. The number of nitro groups is 1. The highest BCUT2D eigenvalue weighted by atomic mass is 16.6. The van der Waals surface area contributed by atoms with Gasteiger partial charge in [0.05, 0.1) is 4.92 Å². The van der Waals surface area contributed by atoms with Crippen LogP contribution in [0.2, 0.25) is 0 Å². The van der Waals surface area contributed by atoms with Crippen LogP contribution in [-0.2, 0) is 0 Å². The average Bonchev–Trinajstić information content (AvgIpc) is 3.35. The molecule has 0 spiro atoms. The maximum Gasteiger partial charge on any atom is 0.280 e. The highest BCUT2D eigenvalue weighted by Gasteiger charge is 2.30. The Morgan fingerprint density at radius 1 is 1.23 bits per heavy atom. The largest absolute Gasteiger partial charge is 0.440 e. The minimum atomic E-state index is -0.535. The van der Waals surface area contributed by atoms with Gasteiger partial charge in [-0.25, -0.2) is 0 Å². The Kier molecular flexibility index (Phi) is 4.40. The van der Waals surface area contributed by atoms with Crippen LogP contribution in [0, 0.1) is 10.1 Å². The van der Waals surface area contributed by atoms with Gasteiger partial charge >= 0.3 is 0 Å². The molecule has 2 aromatic carbocycles. The van der Waals surface area contributed by atoms with Gasteiger partial charge in [-0.2, -0.15) is 0 Å². The number of carbonyl (C=O) groups is 1. The number of para-hydroxylation sites is 1. The molecule has 1 atom stereocenters. The second kappa shape index (κ2) is 7.11. The Hall–Kier alpha value is -3.45. The summed E-state index contributed by atoms with van der Waals surface area (Å²) in [6.45, 7) is 2.02. The van der Waals surface area contributed by atoms with Crippen LogP contribution in [0.15, 0.2) is 53.0 Å². The number of nitrogens with two attached hydrogens (primary N) is 1. The Morgan fingerprint density at radius 2 is 2.07 bits per heavy atom. The molecule has 0 amide bonds. The van der Waals surface area contributed by atoms with E-state index in [1.54, 1.807) is 30.3 Å². The normalized spacial score (nSPS) is 18.9. The second-order valence-corrected chi connectivity index (χ2v) is 7.88. The summed E-state index contributed by atoms with van der Waals surface area (Å²) in [5, 5.41) is 12.1. The lowest BCUT2D eigenvalue weighted by Crippen LogP contribution is -2.32. The van der Waals surface area contributed by atoms with Crippen molar-refractivity contribution in [1.29, 1.82) is 0 Å². The number of nitro benzene ring substituents is 1. The highest BCUT2D eigenvalue weighted by molar-refractivity contribution is 6.13. The number of carbonyl (C=O) groups excluding carboxylic acids is 1. The molecule has 7 heteroatoms. The quantitative estimate of drug-likeness (QED) is 0.393. The molecule has 30 heavy (non-hydrogen) atoms. The van der Waals surface area contributed by atoms with E-state index in [1.165, 1.54) is 25.0 Å². The summed E-state index contributed by atoms with van der Waals surface area (Å²) in [4.78, 5) is 26.3. The molecule has 2 N–H and O–H groups in total. The van der Waals surface area contributed by atoms with Gasteiger partial charge < -0.3 is 10.2 Å². The van der Waals surface area contributed by atoms with Gasteiger partial charge in [0.15, 0.2) is 11.7 Å². The number of nitrogen functional groups attached to an aromatic ring is 1. The van der Waals surface area contributed by atoms with Crippen molar-refractivity contribution in [3.63, 3.8) is 0 Å². The summed E-state index contributed by atoms with van der Waals surface area (Å²) in [6, 6.07) is 11.6. The van der Waals surface area contributed by atoms with Gasteiger partial charge in [0.2, 0.25) is 0 Å². The minimum Gasteiger partial charge on any atom is -0.440 e. The van der Waals surface area contributed by atoms with E-state index in [0.29, 0.717) is 23.1 Å². The Labute approximate surface area is 172 Å². The van der Waals surface area contributed by atoms with E-state index in [2.05, 4.69) is 11.0 Å². The van der Waals surface area contributed by atoms with Gasteiger partial charge in [0.25, 0.3) is 5.69 Å². The fourth-order valence-corrected chi connectivity index (χ4v) is 4.70. The molecule has 0 saturated carbocycles. The van der Waals surface area contributed by atoms with Crippen molar-refractivity contribution in [2.24, 2.45) is 0 Å². The van der Waals surface area contributed by atoms with Crippen LogP contribution < -0.4 is 5.73 Å². The molecule has 2 aliphatic rings. The fourth-order valence-electron chi connectivity index (χ4n) is 4.70. The molecule has 0 bridgehead atoms. The molecule has 152 valence electrons. The molecule has 7 nitrogen and oxygen atoms in total. The third-order valence-corrected chi connectivity index (χ3v) is 6.17. The Balaban J connectivity index is 1.58. The van der Waals surface area contributed by atoms with Gasteiger partial charge in [0, 0.05) is 35.2 Å². The number of rotatable bonds is 4. The number of benzene rings is 2. The van der Waals surface area contributed by atoms with Crippen LogP contribution in [0.3, 0.4) is 0 Å². The molecule has 5 rings (SSSR count). The Bertz CT molecular complexity index is 1210. The van der Waals surface area contributed by atoms with E-state index in [-0.39, 0.29) is 11.3 Å². The maximum atomic E-state index is 13.1. The molecule has 0 radical (unpaired) electrons. The van der Waals surface area contributed by atoms with Crippen LogP contribution >= 0.6 is 0 Å². The van der Waals surface area contributed by atoms with Gasteiger partial charge in [0.1, 0.15) is 11.1 Å². The first-order valence-electron chi connectivity index (χ1n) is 10.1. The van der Waals surface area contributed by atoms with Crippen molar-refractivity contribution in [3.05, 3.63) is 75.3 Å². The van der Waals surface area contributed by atoms with E-state index in [4.69, 9.17) is 10.2 Å². The summed E-state index contributed by atoms with van der Waals surface area (Å²) in [7, 11) is 0. The lowest BCUT2D eigenvalue weighted by atomic mass is 9.92. The van der Waals surface area contributed by atoms with Gasteiger partial charge in [-0.05, 0) is 55.6 Å². The lowest BCUT2D eigenvalue weighted by molar-refractivity contribution is -0.385. The predicted octanol–water partition coefficient (Wildman–Crippen LogP) is 4.41.